The van der Waals surface area contributed by atoms with Crippen LogP contribution in [0.15, 0.2) is 36.4 Å². The third-order valence-corrected chi connectivity index (χ3v) is 4.46. The van der Waals surface area contributed by atoms with Crippen LogP contribution in [-0.2, 0) is 30.4 Å². The second kappa shape index (κ2) is 11.4. The topological polar surface area (TPSA) is 100 Å². The SMILES string of the molecule is COc1ccc(COC(=O)[C@H](COC(=O)C2C=CCCC2)NC(=O)OC(C)(C)C)cc1. The Kier molecular flexibility index (Phi) is 8.90. The lowest BCUT2D eigenvalue weighted by Crippen LogP contribution is -2.47. The number of hydrogen-bond donors (Lipinski definition) is 1. The number of carbonyl (C=O) groups excluding carboxylic acids is 3. The maximum atomic E-state index is 12.6. The van der Waals surface area contributed by atoms with Gasteiger partial charge >= 0.3 is 18.0 Å². The minimum atomic E-state index is -1.19. The average Bonchev–Trinajstić information content (AvgIpc) is 2.74. The van der Waals surface area contributed by atoms with Gasteiger partial charge in [0.2, 0.25) is 0 Å². The zero-order chi connectivity index (χ0) is 22.9. The first-order valence-electron chi connectivity index (χ1n) is 10.3. The van der Waals surface area contributed by atoms with E-state index in [0.717, 1.165) is 18.4 Å². The molecule has 0 aromatic heterocycles. The van der Waals surface area contributed by atoms with Crippen molar-refractivity contribution in [3.63, 3.8) is 0 Å². The molecule has 0 spiro atoms. The number of benzene rings is 1. The molecule has 0 bridgehead atoms. The molecule has 2 rings (SSSR count). The van der Waals surface area contributed by atoms with E-state index in [1.165, 1.54) is 0 Å². The summed E-state index contributed by atoms with van der Waals surface area (Å²) in [5.74, 6) is -0.821. The number of nitrogens with one attached hydrogen (secondary N) is 1. The lowest BCUT2D eigenvalue weighted by Gasteiger charge is -2.23. The van der Waals surface area contributed by atoms with Gasteiger partial charge in [0, 0.05) is 0 Å². The Hall–Kier alpha value is -3.03. The molecule has 1 aliphatic carbocycles. The van der Waals surface area contributed by atoms with Crippen LogP contribution in [0.4, 0.5) is 4.79 Å². The number of esters is 2. The van der Waals surface area contributed by atoms with E-state index in [9.17, 15) is 14.4 Å². The highest BCUT2D eigenvalue weighted by molar-refractivity contribution is 5.82. The van der Waals surface area contributed by atoms with E-state index in [4.69, 9.17) is 18.9 Å². The Morgan fingerprint density at radius 1 is 1.13 bits per heavy atom. The van der Waals surface area contributed by atoms with Crippen LogP contribution in [0.25, 0.3) is 0 Å². The number of rotatable bonds is 8. The summed E-state index contributed by atoms with van der Waals surface area (Å²) in [5.41, 5.74) is 0.0000727. The van der Waals surface area contributed by atoms with E-state index in [-0.39, 0.29) is 19.1 Å². The first-order valence-corrected chi connectivity index (χ1v) is 10.3. The van der Waals surface area contributed by atoms with Crippen molar-refractivity contribution in [2.45, 2.75) is 58.3 Å². The molecule has 0 saturated heterocycles. The van der Waals surface area contributed by atoms with Crippen LogP contribution in [-0.4, -0.2) is 43.4 Å². The molecule has 8 nitrogen and oxygen atoms in total. The molecule has 8 heteroatoms. The molecular weight excluding hydrogens is 402 g/mol. The van der Waals surface area contributed by atoms with Gasteiger partial charge in [0.15, 0.2) is 6.04 Å². The molecule has 0 aliphatic heterocycles. The highest BCUT2D eigenvalue weighted by Crippen LogP contribution is 2.18. The van der Waals surface area contributed by atoms with Crippen molar-refractivity contribution in [2.75, 3.05) is 13.7 Å². The normalized spacial score (nSPS) is 16.7. The summed E-state index contributed by atoms with van der Waals surface area (Å²) in [5, 5.41) is 2.44. The third kappa shape index (κ3) is 8.70. The first kappa shape index (κ1) is 24.2. The average molecular weight is 434 g/mol. The Bertz CT molecular complexity index is 780. The molecule has 0 radical (unpaired) electrons. The summed E-state index contributed by atoms with van der Waals surface area (Å²) in [6.07, 6.45) is 5.48. The molecule has 1 amide bonds. The number of allylic oxidation sites excluding steroid dienone is 1. The van der Waals surface area contributed by atoms with E-state index in [0.29, 0.717) is 12.2 Å². The van der Waals surface area contributed by atoms with Crippen LogP contribution in [0.3, 0.4) is 0 Å². The molecule has 1 N–H and O–H groups in total. The molecule has 1 aromatic rings. The summed E-state index contributed by atoms with van der Waals surface area (Å²) in [6.45, 7) is 4.77. The fourth-order valence-electron chi connectivity index (χ4n) is 2.88. The van der Waals surface area contributed by atoms with Crippen molar-refractivity contribution < 1.29 is 33.3 Å². The van der Waals surface area contributed by atoms with Crippen molar-refractivity contribution in [3.8, 4) is 5.75 Å². The van der Waals surface area contributed by atoms with Crippen LogP contribution in [0.5, 0.6) is 5.75 Å². The Balaban J connectivity index is 1.97. The van der Waals surface area contributed by atoms with Crippen LogP contribution >= 0.6 is 0 Å². The lowest BCUT2D eigenvalue weighted by atomic mass is 9.96. The van der Waals surface area contributed by atoms with Crippen molar-refractivity contribution in [3.05, 3.63) is 42.0 Å². The Labute approximate surface area is 182 Å². The lowest BCUT2D eigenvalue weighted by molar-refractivity contribution is -0.154. The van der Waals surface area contributed by atoms with Crippen molar-refractivity contribution >= 4 is 18.0 Å². The third-order valence-electron chi connectivity index (χ3n) is 4.46. The van der Waals surface area contributed by atoms with Gasteiger partial charge in [0.25, 0.3) is 0 Å². The smallest absolute Gasteiger partial charge is 0.408 e. The van der Waals surface area contributed by atoms with Gasteiger partial charge in [-0.3, -0.25) is 4.79 Å². The molecule has 0 heterocycles. The maximum Gasteiger partial charge on any atom is 0.408 e. The number of alkyl carbamates (subject to hydrolysis) is 1. The van der Waals surface area contributed by atoms with Crippen LogP contribution in [0, 0.1) is 5.92 Å². The second-order valence-electron chi connectivity index (χ2n) is 8.25. The van der Waals surface area contributed by atoms with Gasteiger partial charge < -0.3 is 24.3 Å². The fraction of sp³-hybridized carbons (Fsp3) is 0.522. The van der Waals surface area contributed by atoms with Crippen molar-refractivity contribution in [2.24, 2.45) is 5.92 Å². The predicted molar refractivity (Wildman–Crippen MR) is 113 cm³/mol. The van der Waals surface area contributed by atoms with E-state index < -0.39 is 29.7 Å². The van der Waals surface area contributed by atoms with Gasteiger partial charge in [-0.1, -0.05) is 24.3 Å². The number of carbonyl (C=O) groups is 3. The standard InChI is InChI=1S/C23H31NO7/c1-23(2,3)31-22(27)24-19(15-30-20(25)17-8-6-5-7-9-17)21(26)29-14-16-10-12-18(28-4)13-11-16/h6,8,10-13,17,19H,5,7,9,14-15H2,1-4H3,(H,24,27)/t17?,19-/m0/s1. The predicted octanol–water partition coefficient (Wildman–Crippen LogP) is 3.53. The number of hydrogen-bond acceptors (Lipinski definition) is 7. The zero-order valence-electron chi connectivity index (χ0n) is 18.5. The summed E-state index contributed by atoms with van der Waals surface area (Å²) < 4.78 is 20.9. The summed E-state index contributed by atoms with van der Waals surface area (Å²) in [6, 6.07) is 5.83. The molecule has 0 fully saturated rings. The van der Waals surface area contributed by atoms with E-state index in [1.54, 1.807) is 52.1 Å². The fourth-order valence-corrected chi connectivity index (χ4v) is 2.88. The number of amides is 1. The van der Waals surface area contributed by atoms with Crippen LogP contribution < -0.4 is 10.1 Å². The Morgan fingerprint density at radius 2 is 1.84 bits per heavy atom. The van der Waals surface area contributed by atoms with Gasteiger partial charge in [0.05, 0.1) is 13.0 Å². The van der Waals surface area contributed by atoms with E-state index in [1.807, 2.05) is 12.2 Å². The van der Waals surface area contributed by atoms with Gasteiger partial charge in [-0.2, -0.15) is 0 Å². The van der Waals surface area contributed by atoms with Gasteiger partial charge in [0.1, 0.15) is 24.6 Å². The molecule has 1 unspecified atom stereocenters. The zero-order valence-corrected chi connectivity index (χ0v) is 18.5. The maximum absolute atomic E-state index is 12.6. The van der Waals surface area contributed by atoms with Crippen LogP contribution in [0.2, 0.25) is 0 Å². The van der Waals surface area contributed by atoms with Gasteiger partial charge in [-0.15, -0.1) is 0 Å². The molecule has 170 valence electrons. The van der Waals surface area contributed by atoms with Gasteiger partial charge in [-0.05, 0) is 57.7 Å². The summed E-state index contributed by atoms with van der Waals surface area (Å²) >= 11 is 0. The molecule has 1 aromatic carbocycles. The minimum absolute atomic E-state index is 0.00532. The molecule has 0 saturated carbocycles. The molecule has 1 aliphatic rings. The van der Waals surface area contributed by atoms with E-state index in [2.05, 4.69) is 5.32 Å². The monoisotopic (exact) mass is 433 g/mol. The minimum Gasteiger partial charge on any atom is -0.497 e. The molecular formula is C23H31NO7. The summed E-state index contributed by atoms with van der Waals surface area (Å²) in [4.78, 5) is 37.1. The summed E-state index contributed by atoms with van der Waals surface area (Å²) in [7, 11) is 1.56. The van der Waals surface area contributed by atoms with E-state index >= 15 is 0 Å². The van der Waals surface area contributed by atoms with Crippen molar-refractivity contribution in [1.82, 2.24) is 5.32 Å². The highest BCUT2D eigenvalue weighted by Gasteiger charge is 2.28. The Morgan fingerprint density at radius 3 is 2.42 bits per heavy atom. The van der Waals surface area contributed by atoms with Crippen molar-refractivity contribution in [1.29, 1.82) is 0 Å². The van der Waals surface area contributed by atoms with Gasteiger partial charge in [-0.25, -0.2) is 9.59 Å². The number of methoxy groups -OCH3 is 1. The first-order chi connectivity index (χ1) is 14.7. The van der Waals surface area contributed by atoms with Crippen LogP contribution in [0.1, 0.15) is 45.6 Å². The highest BCUT2D eigenvalue weighted by atomic mass is 16.6. The second-order valence-corrected chi connectivity index (χ2v) is 8.25. The largest absolute Gasteiger partial charge is 0.497 e. The molecule has 31 heavy (non-hydrogen) atoms. The quantitative estimate of drug-likeness (QED) is 0.380. The number of ether oxygens (including phenoxy) is 4. The molecule has 2 atom stereocenters.